The highest BCUT2D eigenvalue weighted by atomic mass is 35.5. The molecule has 6 rings (SSSR count). The van der Waals surface area contributed by atoms with Gasteiger partial charge in [-0.1, -0.05) is 47.5 Å². The number of carbonyl (C=O) groups excluding carboxylic acids is 2. The summed E-state index contributed by atoms with van der Waals surface area (Å²) in [7, 11) is 0. The Morgan fingerprint density at radius 3 is 1.35 bits per heavy atom. The van der Waals surface area contributed by atoms with Gasteiger partial charge in [0.25, 0.3) is 0 Å². The van der Waals surface area contributed by atoms with Crippen LogP contribution in [0.5, 0.6) is 0 Å². The van der Waals surface area contributed by atoms with Gasteiger partial charge >= 0.3 is 11.9 Å². The molecule has 6 atom stereocenters. The van der Waals surface area contributed by atoms with Crippen LogP contribution in [0, 0.1) is 23.5 Å². The number of nitrogens with zero attached hydrogens (tertiary/aromatic N) is 2. The third-order valence-corrected chi connectivity index (χ3v) is 9.03. The van der Waals surface area contributed by atoms with Crippen molar-refractivity contribution in [2.24, 2.45) is 11.8 Å². The molecule has 0 radical (unpaired) electrons. The van der Waals surface area contributed by atoms with E-state index in [1.165, 1.54) is 70.7 Å². The minimum atomic E-state index is -1.70. The maximum absolute atomic E-state index is 14.2. The van der Waals surface area contributed by atoms with Crippen LogP contribution in [0.25, 0.3) is 0 Å². The molecule has 0 bridgehead atoms. The first-order chi connectivity index (χ1) is 22.9. The number of nitrogens with one attached hydrogen (secondary N) is 2. The standard InChI is InChI=1S/C34H26Cl2F2N4O6/c35-19-5-1-17(2-6-19)27-25(31(43)39-23-13-9-21(37)10-14-23)30(34(47)48)42-28(18-3-7-20(36)8-4-18)26(33(45)46)29(41(27)42)32(44)40-24-15-11-22(38)12-16-24/h1-16,25-30H,(H,39,43)(H,40,44)(H,45,46)(H,47,48)/t25-,26-,27+,28-,29+,30+/m0/s1. The second-order valence-corrected chi connectivity index (χ2v) is 12.2. The molecular weight excluding hydrogens is 669 g/mol. The van der Waals surface area contributed by atoms with Gasteiger partial charge in [0.15, 0.2) is 0 Å². The fraction of sp³-hybridized carbons (Fsp3) is 0.176. The van der Waals surface area contributed by atoms with E-state index < -0.39 is 71.4 Å². The van der Waals surface area contributed by atoms with Crippen molar-refractivity contribution in [3.63, 3.8) is 0 Å². The van der Waals surface area contributed by atoms with E-state index in [9.17, 15) is 38.2 Å². The van der Waals surface area contributed by atoms with E-state index in [1.54, 1.807) is 12.1 Å². The Morgan fingerprint density at radius 2 is 0.938 bits per heavy atom. The van der Waals surface area contributed by atoms with Gasteiger partial charge in [-0.25, -0.2) is 18.8 Å². The van der Waals surface area contributed by atoms with Crippen LogP contribution >= 0.6 is 23.2 Å². The Labute approximate surface area is 282 Å². The molecule has 2 fully saturated rings. The van der Waals surface area contributed by atoms with Crippen molar-refractivity contribution < 1.29 is 38.2 Å². The number of hydrogen-bond acceptors (Lipinski definition) is 6. The molecule has 0 saturated carbocycles. The normalized spacial score (nSPS) is 23.8. The molecule has 4 aromatic rings. The molecule has 2 saturated heterocycles. The zero-order valence-electron chi connectivity index (χ0n) is 24.6. The maximum Gasteiger partial charge on any atom is 0.323 e. The average molecular weight is 696 g/mol. The summed E-state index contributed by atoms with van der Waals surface area (Å²) in [5.74, 6) is -8.60. The van der Waals surface area contributed by atoms with E-state index in [2.05, 4.69) is 10.6 Å². The molecule has 10 nitrogen and oxygen atoms in total. The number of halogens is 4. The molecule has 2 amide bonds. The molecular formula is C34H26Cl2F2N4O6. The van der Waals surface area contributed by atoms with Crippen LogP contribution < -0.4 is 10.6 Å². The lowest BCUT2D eigenvalue weighted by molar-refractivity contribution is -0.151. The number of rotatable bonds is 8. The van der Waals surface area contributed by atoms with Gasteiger partial charge in [0.1, 0.15) is 29.6 Å². The highest BCUT2D eigenvalue weighted by Gasteiger charge is 2.67. The van der Waals surface area contributed by atoms with Crippen LogP contribution in [0.15, 0.2) is 97.1 Å². The van der Waals surface area contributed by atoms with Gasteiger partial charge in [0, 0.05) is 21.4 Å². The van der Waals surface area contributed by atoms with Gasteiger partial charge in [-0.05, 0) is 83.9 Å². The van der Waals surface area contributed by atoms with Crippen molar-refractivity contribution in [2.75, 3.05) is 10.6 Å². The highest BCUT2D eigenvalue weighted by Crippen LogP contribution is 2.55. The van der Waals surface area contributed by atoms with Gasteiger partial charge in [0.2, 0.25) is 11.8 Å². The average Bonchev–Trinajstić information content (AvgIpc) is 3.57. The summed E-state index contributed by atoms with van der Waals surface area (Å²) in [6.45, 7) is 0. The molecule has 14 heteroatoms. The van der Waals surface area contributed by atoms with Crippen molar-refractivity contribution in [3.05, 3.63) is 130 Å². The van der Waals surface area contributed by atoms with Crippen LogP contribution in [0.1, 0.15) is 23.2 Å². The van der Waals surface area contributed by atoms with E-state index in [1.807, 2.05) is 0 Å². The van der Waals surface area contributed by atoms with Gasteiger partial charge in [-0.3, -0.25) is 19.2 Å². The van der Waals surface area contributed by atoms with E-state index in [-0.39, 0.29) is 11.4 Å². The number of carboxylic acids is 2. The molecule has 0 unspecified atom stereocenters. The predicted molar refractivity (Wildman–Crippen MR) is 172 cm³/mol. The molecule has 0 spiro atoms. The molecule has 246 valence electrons. The Hall–Kier alpha value is -4.88. The third-order valence-electron chi connectivity index (χ3n) is 8.52. The summed E-state index contributed by atoms with van der Waals surface area (Å²) in [6.07, 6.45) is 0. The Bertz CT molecular complexity index is 1860. The predicted octanol–water partition coefficient (Wildman–Crippen LogP) is 6.02. The molecule has 0 aromatic heterocycles. The molecule has 2 aliphatic rings. The zero-order valence-corrected chi connectivity index (χ0v) is 26.1. The van der Waals surface area contributed by atoms with Crippen LogP contribution in [0.4, 0.5) is 20.2 Å². The number of benzene rings is 4. The molecule has 2 aliphatic heterocycles. The first-order valence-electron chi connectivity index (χ1n) is 14.6. The monoisotopic (exact) mass is 694 g/mol. The lowest BCUT2D eigenvalue weighted by Gasteiger charge is -2.33. The highest BCUT2D eigenvalue weighted by molar-refractivity contribution is 6.30. The van der Waals surface area contributed by atoms with E-state index in [4.69, 9.17) is 23.2 Å². The number of carboxylic acid groups (broad SMARTS) is 2. The number of carbonyl (C=O) groups is 4. The van der Waals surface area contributed by atoms with Crippen LogP contribution in [0.2, 0.25) is 10.0 Å². The number of anilines is 2. The second-order valence-electron chi connectivity index (χ2n) is 11.4. The summed E-state index contributed by atoms with van der Waals surface area (Å²) in [4.78, 5) is 54.8. The molecule has 0 aliphatic carbocycles. The largest absolute Gasteiger partial charge is 0.481 e. The Balaban J connectivity index is 1.55. The topological polar surface area (TPSA) is 139 Å². The van der Waals surface area contributed by atoms with Crippen molar-refractivity contribution in [1.29, 1.82) is 0 Å². The fourth-order valence-electron chi connectivity index (χ4n) is 6.58. The lowest BCUT2D eigenvalue weighted by atomic mass is 9.81. The fourth-order valence-corrected chi connectivity index (χ4v) is 6.83. The van der Waals surface area contributed by atoms with Crippen molar-refractivity contribution in [2.45, 2.75) is 24.2 Å². The second kappa shape index (κ2) is 13.3. The van der Waals surface area contributed by atoms with E-state index in [0.29, 0.717) is 21.2 Å². The zero-order chi connectivity index (χ0) is 34.3. The van der Waals surface area contributed by atoms with Crippen molar-refractivity contribution >= 4 is 58.3 Å². The molecule has 4 aromatic carbocycles. The quantitative estimate of drug-likeness (QED) is 0.176. The summed E-state index contributed by atoms with van der Waals surface area (Å²) in [5.41, 5.74) is 1.04. The van der Waals surface area contributed by atoms with Crippen LogP contribution in [-0.4, -0.2) is 56.1 Å². The summed E-state index contributed by atoms with van der Waals surface area (Å²) >= 11 is 12.3. The van der Waals surface area contributed by atoms with Crippen molar-refractivity contribution in [1.82, 2.24) is 10.0 Å². The number of amides is 2. The number of fused-ring (bicyclic) bond motifs is 1. The van der Waals surface area contributed by atoms with Gasteiger partial charge in [-0.2, -0.15) is 0 Å². The van der Waals surface area contributed by atoms with Gasteiger partial charge in [0.05, 0.1) is 18.0 Å². The summed E-state index contributed by atoms with van der Waals surface area (Å²) < 4.78 is 27.3. The Kier molecular flexibility index (Phi) is 9.17. The molecule has 4 N–H and O–H groups in total. The third kappa shape index (κ3) is 6.22. The molecule has 48 heavy (non-hydrogen) atoms. The number of hydrazine groups is 1. The smallest absolute Gasteiger partial charge is 0.323 e. The van der Waals surface area contributed by atoms with Gasteiger partial charge in [-0.15, -0.1) is 0 Å². The first-order valence-corrected chi connectivity index (χ1v) is 15.4. The summed E-state index contributed by atoms with van der Waals surface area (Å²) in [6, 6.07) is 16.2. The van der Waals surface area contributed by atoms with E-state index in [0.717, 1.165) is 24.3 Å². The van der Waals surface area contributed by atoms with E-state index >= 15 is 0 Å². The van der Waals surface area contributed by atoms with Crippen LogP contribution in [0.3, 0.4) is 0 Å². The minimum absolute atomic E-state index is 0.162. The SMILES string of the molecule is O=C(O)[C@@H]1[C@H](C(=O)Nc2ccc(F)cc2)N2[C@H](c3ccc(Cl)cc3)[C@H](C(=O)Nc3ccc(F)cc3)[C@H](C(=O)O)N2[C@H]1c1ccc(Cl)cc1. The van der Waals surface area contributed by atoms with Gasteiger partial charge < -0.3 is 20.8 Å². The Morgan fingerprint density at radius 1 is 0.542 bits per heavy atom. The molecule has 2 heterocycles. The summed E-state index contributed by atoms with van der Waals surface area (Å²) in [5, 5.41) is 30.1. The lowest BCUT2D eigenvalue weighted by Crippen LogP contribution is -2.48. The van der Waals surface area contributed by atoms with Crippen LogP contribution in [-0.2, 0) is 19.2 Å². The minimum Gasteiger partial charge on any atom is -0.481 e. The first kappa shape index (κ1) is 33.0. The maximum atomic E-state index is 14.2. The van der Waals surface area contributed by atoms with Crippen molar-refractivity contribution in [3.8, 4) is 0 Å². The number of hydrogen-bond donors (Lipinski definition) is 4. The number of aliphatic carboxylic acids is 2.